The third-order valence-electron chi connectivity index (χ3n) is 2.84. The van der Waals surface area contributed by atoms with E-state index in [1.807, 2.05) is 13.8 Å². The summed E-state index contributed by atoms with van der Waals surface area (Å²) < 4.78 is 5.18. The van der Waals surface area contributed by atoms with Crippen molar-refractivity contribution in [2.24, 2.45) is 5.92 Å². The number of carbonyl (C=O) groups excluding carboxylic acids is 1. The predicted octanol–water partition coefficient (Wildman–Crippen LogP) is 2.65. The van der Waals surface area contributed by atoms with Crippen LogP contribution in [0, 0.1) is 5.92 Å². The third-order valence-corrected chi connectivity index (χ3v) is 2.84. The summed E-state index contributed by atoms with van der Waals surface area (Å²) in [7, 11) is 1.56. The number of methoxy groups -OCH3 is 1. The summed E-state index contributed by atoms with van der Waals surface area (Å²) in [6.45, 7) is 4.02. The third kappa shape index (κ3) is 3.37. The van der Waals surface area contributed by atoms with E-state index in [1.165, 1.54) is 0 Å². The Kier molecular flexibility index (Phi) is 4.82. The van der Waals surface area contributed by atoms with Crippen molar-refractivity contribution >= 4 is 17.3 Å². The van der Waals surface area contributed by atoms with Gasteiger partial charge >= 0.3 is 0 Å². The Morgan fingerprint density at radius 1 is 1.41 bits per heavy atom. The molecule has 0 atom stereocenters. The Bertz CT molecular complexity index is 387. The van der Waals surface area contributed by atoms with Crippen LogP contribution in [0.4, 0.5) is 11.4 Å². The molecule has 0 aliphatic heterocycles. The molecular weight excluding hydrogens is 216 g/mol. The van der Waals surface area contributed by atoms with Gasteiger partial charge in [-0.3, -0.25) is 4.79 Å². The van der Waals surface area contributed by atoms with E-state index in [0.29, 0.717) is 17.1 Å². The fourth-order valence-corrected chi connectivity index (χ4v) is 1.71. The van der Waals surface area contributed by atoms with E-state index in [4.69, 9.17) is 10.5 Å². The van der Waals surface area contributed by atoms with Crippen molar-refractivity contribution in [3.63, 3.8) is 0 Å². The van der Waals surface area contributed by atoms with Crippen LogP contribution in [-0.2, 0) is 4.79 Å². The van der Waals surface area contributed by atoms with Gasteiger partial charge in [-0.05, 0) is 25.0 Å². The van der Waals surface area contributed by atoms with Crippen molar-refractivity contribution in [2.75, 3.05) is 18.2 Å². The first kappa shape index (κ1) is 13.4. The number of nitrogens with one attached hydrogen (secondary N) is 1. The predicted molar refractivity (Wildman–Crippen MR) is 70.1 cm³/mol. The number of rotatable bonds is 5. The zero-order chi connectivity index (χ0) is 12.8. The molecule has 4 nitrogen and oxygen atoms in total. The van der Waals surface area contributed by atoms with E-state index in [9.17, 15) is 4.79 Å². The molecule has 1 amide bonds. The van der Waals surface area contributed by atoms with Crippen LogP contribution in [0.5, 0.6) is 5.75 Å². The van der Waals surface area contributed by atoms with Crippen molar-refractivity contribution in [2.45, 2.75) is 26.7 Å². The highest BCUT2D eigenvalue weighted by molar-refractivity contribution is 5.94. The molecule has 0 bridgehead atoms. The topological polar surface area (TPSA) is 64.4 Å². The molecule has 0 radical (unpaired) electrons. The van der Waals surface area contributed by atoms with Gasteiger partial charge in [0.15, 0.2) is 0 Å². The molecule has 0 saturated heterocycles. The highest BCUT2D eigenvalue weighted by Crippen LogP contribution is 2.27. The van der Waals surface area contributed by atoms with Gasteiger partial charge in [0.25, 0.3) is 0 Å². The van der Waals surface area contributed by atoms with Crippen LogP contribution < -0.4 is 15.8 Å². The number of ether oxygens (including phenoxy) is 1. The van der Waals surface area contributed by atoms with Gasteiger partial charge in [-0.1, -0.05) is 13.8 Å². The maximum atomic E-state index is 11.9. The van der Waals surface area contributed by atoms with E-state index >= 15 is 0 Å². The highest BCUT2D eigenvalue weighted by atomic mass is 16.5. The molecule has 0 unspecified atom stereocenters. The molecule has 1 aromatic rings. The number of nitrogen functional groups attached to an aromatic ring is 1. The van der Waals surface area contributed by atoms with E-state index in [0.717, 1.165) is 12.8 Å². The second kappa shape index (κ2) is 6.13. The Labute approximate surface area is 102 Å². The van der Waals surface area contributed by atoms with E-state index in [2.05, 4.69) is 5.32 Å². The van der Waals surface area contributed by atoms with Gasteiger partial charge in [-0.25, -0.2) is 0 Å². The standard InChI is InChI=1S/C13H20N2O2/c1-4-9(5-2)13(16)15-11-7-6-10(14)8-12(11)17-3/h6-9H,4-5,14H2,1-3H3,(H,15,16). The van der Waals surface area contributed by atoms with Crippen molar-refractivity contribution in [3.05, 3.63) is 18.2 Å². The first-order valence-corrected chi connectivity index (χ1v) is 5.86. The van der Waals surface area contributed by atoms with Crippen LogP contribution in [0.1, 0.15) is 26.7 Å². The first-order valence-electron chi connectivity index (χ1n) is 5.86. The summed E-state index contributed by atoms with van der Waals surface area (Å²) in [4.78, 5) is 11.9. The van der Waals surface area contributed by atoms with E-state index in [1.54, 1.807) is 25.3 Å². The summed E-state index contributed by atoms with van der Waals surface area (Å²) in [5.74, 6) is 0.652. The summed E-state index contributed by atoms with van der Waals surface area (Å²) in [6.07, 6.45) is 1.67. The molecule has 0 aliphatic carbocycles. The number of hydrogen-bond donors (Lipinski definition) is 2. The minimum absolute atomic E-state index is 0.0260. The molecule has 1 rings (SSSR count). The fraction of sp³-hybridized carbons (Fsp3) is 0.462. The Morgan fingerprint density at radius 3 is 2.59 bits per heavy atom. The molecule has 1 aromatic carbocycles. The van der Waals surface area contributed by atoms with Gasteiger partial charge < -0.3 is 15.8 Å². The van der Waals surface area contributed by atoms with Crippen molar-refractivity contribution in [3.8, 4) is 5.75 Å². The zero-order valence-corrected chi connectivity index (χ0v) is 10.6. The lowest BCUT2D eigenvalue weighted by Crippen LogP contribution is -2.21. The lowest BCUT2D eigenvalue weighted by atomic mass is 10.0. The summed E-state index contributed by atoms with van der Waals surface area (Å²) in [5, 5.41) is 2.87. The molecule has 0 saturated carbocycles. The fourth-order valence-electron chi connectivity index (χ4n) is 1.71. The van der Waals surface area contributed by atoms with Crippen molar-refractivity contribution in [1.29, 1.82) is 0 Å². The molecule has 0 heterocycles. The van der Waals surface area contributed by atoms with Crippen LogP contribution in [-0.4, -0.2) is 13.0 Å². The summed E-state index contributed by atoms with van der Waals surface area (Å²) >= 11 is 0. The average molecular weight is 236 g/mol. The summed E-state index contributed by atoms with van der Waals surface area (Å²) in [6, 6.07) is 5.20. The lowest BCUT2D eigenvalue weighted by molar-refractivity contribution is -0.120. The van der Waals surface area contributed by atoms with Crippen LogP contribution in [0.2, 0.25) is 0 Å². The van der Waals surface area contributed by atoms with Crippen LogP contribution >= 0.6 is 0 Å². The van der Waals surface area contributed by atoms with Crippen LogP contribution in [0.15, 0.2) is 18.2 Å². The monoisotopic (exact) mass is 236 g/mol. The Balaban J connectivity index is 2.84. The zero-order valence-electron chi connectivity index (χ0n) is 10.6. The quantitative estimate of drug-likeness (QED) is 0.772. The number of anilines is 2. The molecular formula is C13H20N2O2. The maximum absolute atomic E-state index is 11.9. The maximum Gasteiger partial charge on any atom is 0.227 e. The van der Waals surface area contributed by atoms with Gasteiger partial charge in [0, 0.05) is 17.7 Å². The number of amides is 1. The van der Waals surface area contributed by atoms with Gasteiger partial charge in [-0.15, -0.1) is 0 Å². The number of nitrogens with two attached hydrogens (primary N) is 1. The molecule has 0 aromatic heterocycles. The van der Waals surface area contributed by atoms with Gasteiger partial charge in [-0.2, -0.15) is 0 Å². The van der Waals surface area contributed by atoms with E-state index < -0.39 is 0 Å². The van der Waals surface area contributed by atoms with Crippen LogP contribution in [0.25, 0.3) is 0 Å². The number of carbonyl (C=O) groups is 1. The molecule has 0 aliphatic rings. The minimum atomic E-state index is 0.0260. The molecule has 17 heavy (non-hydrogen) atoms. The SMILES string of the molecule is CCC(CC)C(=O)Nc1ccc(N)cc1OC. The lowest BCUT2D eigenvalue weighted by Gasteiger charge is -2.15. The van der Waals surface area contributed by atoms with E-state index in [-0.39, 0.29) is 11.8 Å². The first-order chi connectivity index (χ1) is 8.12. The normalized spacial score (nSPS) is 10.4. The molecule has 4 heteroatoms. The van der Waals surface area contributed by atoms with Crippen molar-refractivity contribution < 1.29 is 9.53 Å². The number of benzene rings is 1. The van der Waals surface area contributed by atoms with Gasteiger partial charge in [0.2, 0.25) is 5.91 Å². The Hall–Kier alpha value is -1.71. The second-order valence-electron chi connectivity index (χ2n) is 3.96. The van der Waals surface area contributed by atoms with Gasteiger partial charge in [0.05, 0.1) is 12.8 Å². The largest absolute Gasteiger partial charge is 0.494 e. The Morgan fingerprint density at radius 2 is 2.06 bits per heavy atom. The van der Waals surface area contributed by atoms with Crippen molar-refractivity contribution in [1.82, 2.24) is 0 Å². The highest BCUT2D eigenvalue weighted by Gasteiger charge is 2.15. The molecule has 0 fully saturated rings. The van der Waals surface area contributed by atoms with Gasteiger partial charge in [0.1, 0.15) is 5.75 Å². The smallest absolute Gasteiger partial charge is 0.227 e. The second-order valence-corrected chi connectivity index (χ2v) is 3.96. The average Bonchev–Trinajstić information content (AvgIpc) is 2.33. The molecule has 3 N–H and O–H groups in total. The number of hydrogen-bond acceptors (Lipinski definition) is 3. The summed E-state index contributed by atoms with van der Waals surface area (Å²) in [5.41, 5.74) is 6.93. The van der Waals surface area contributed by atoms with Crippen LogP contribution in [0.3, 0.4) is 0 Å². The molecule has 94 valence electrons. The molecule has 0 spiro atoms. The minimum Gasteiger partial charge on any atom is -0.494 e.